The first-order chi connectivity index (χ1) is 24.6. The first-order valence-electron chi connectivity index (χ1n) is 19.0. The average Bonchev–Trinajstić information content (AvgIpc) is 3.89. The van der Waals surface area contributed by atoms with Crippen LogP contribution in [0.4, 0.5) is 4.79 Å². The van der Waals surface area contributed by atoms with Crippen molar-refractivity contribution in [2.45, 2.75) is 134 Å². The Morgan fingerprint density at radius 2 is 1.90 bits per heavy atom. The molecule has 11 heteroatoms. The Hall–Kier alpha value is -3.06. The van der Waals surface area contributed by atoms with E-state index in [9.17, 15) is 30.0 Å². The number of allylic oxidation sites excluding steroid dienone is 2. The number of ether oxygens (including phenoxy) is 3. The Bertz CT molecular complexity index is 1390. The number of epoxide rings is 1. The number of carbonyl (C=O) groups excluding carboxylic acids is 2. The van der Waals surface area contributed by atoms with Crippen LogP contribution in [0.3, 0.4) is 0 Å². The monoisotopic (exact) mass is 726 g/mol. The summed E-state index contributed by atoms with van der Waals surface area (Å²) in [5.41, 5.74) is -0.749. The predicted molar refractivity (Wildman–Crippen MR) is 199 cm³/mol. The summed E-state index contributed by atoms with van der Waals surface area (Å²) in [5, 5.41) is 43.5. The standard InChI is InChI=1S/C41H62N2O9/c1-7-33(45)30(4)38-34(50-38)26-40(5,48)19-11-13-28(2)37-29(3)16-17-35(41(6,49)20-18-32(44)25-36(46)52-37)51-39(47)43-22-12-21-42(23-24-43)27-31-14-9-8-10-15-31/h8-11,13-17,19,29-30,32-35,37-38,44-45,48-49H,7,12,18,20-27H2,1-6H3/b17-16+,19-11?,28-13+. The van der Waals surface area contributed by atoms with Crippen molar-refractivity contribution in [3.63, 3.8) is 0 Å². The van der Waals surface area contributed by atoms with Crippen LogP contribution in [0.1, 0.15) is 85.6 Å². The normalized spacial score (nSPS) is 32.8. The summed E-state index contributed by atoms with van der Waals surface area (Å²) in [5.74, 6) is -0.968. The summed E-state index contributed by atoms with van der Waals surface area (Å²) in [6, 6.07) is 10.2. The minimum absolute atomic E-state index is 0.0157. The fraction of sp³-hybridized carbons (Fsp3) is 0.659. The molecule has 1 amide bonds. The molecular weight excluding hydrogens is 664 g/mol. The lowest BCUT2D eigenvalue weighted by Crippen LogP contribution is -2.45. The van der Waals surface area contributed by atoms with E-state index in [1.807, 2.05) is 45.9 Å². The van der Waals surface area contributed by atoms with Gasteiger partial charge in [-0.2, -0.15) is 0 Å². The zero-order valence-corrected chi connectivity index (χ0v) is 31.9. The molecule has 11 nitrogen and oxygen atoms in total. The molecule has 2 saturated heterocycles. The number of aliphatic hydroxyl groups is 4. The van der Waals surface area contributed by atoms with Gasteiger partial charge >= 0.3 is 12.1 Å². The van der Waals surface area contributed by atoms with Crippen molar-refractivity contribution in [3.8, 4) is 0 Å². The minimum atomic E-state index is -1.51. The molecule has 0 aromatic heterocycles. The zero-order chi connectivity index (χ0) is 38.1. The summed E-state index contributed by atoms with van der Waals surface area (Å²) in [6.07, 6.45) is 6.44. The molecule has 0 radical (unpaired) electrons. The van der Waals surface area contributed by atoms with Crippen LogP contribution in [-0.4, -0.2) is 116 Å². The molecule has 0 bridgehead atoms. The van der Waals surface area contributed by atoms with E-state index in [4.69, 9.17) is 14.2 Å². The van der Waals surface area contributed by atoms with E-state index in [1.54, 1.807) is 49.1 Å². The summed E-state index contributed by atoms with van der Waals surface area (Å²) in [6.45, 7) is 14.3. The number of amides is 1. The third-order valence-corrected chi connectivity index (χ3v) is 10.7. The number of esters is 1. The predicted octanol–water partition coefficient (Wildman–Crippen LogP) is 4.92. The molecule has 0 saturated carbocycles. The lowest BCUT2D eigenvalue weighted by Gasteiger charge is -2.34. The Labute approximate surface area is 309 Å². The van der Waals surface area contributed by atoms with E-state index in [0.717, 1.165) is 19.5 Å². The van der Waals surface area contributed by atoms with Gasteiger partial charge in [0.05, 0.1) is 36.4 Å². The second kappa shape index (κ2) is 18.8. The number of hydrogen-bond donors (Lipinski definition) is 4. The van der Waals surface area contributed by atoms with Crippen LogP contribution >= 0.6 is 0 Å². The third kappa shape index (κ3) is 12.5. The van der Waals surface area contributed by atoms with Crippen molar-refractivity contribution in [2.24, 2.45) is 11.8 Å². The topological polar surface area (TPSA) is 153 Å². The largest absolute Gasteiger partial charge is 0.457 e. The quantitative estimate of drug-likeness (QED) is 0.107. The van der Waals surface area contributed by atoms with Gasteiger partial charge in [-0.25, -0.2) is 4.79 Å². The molecule has 290 valence electrons. The Morgan fingerprint density at radius 1 is 1.17 bits per heavy atom. The van der Waals surface area contributed by atoms with E-state index in [2.05, 4.69) is 17.0 Å². The number of carbonyl (C=O) groups is 2. The van der Waals surface area contributed by atoms with Gasteiger partial charge < -0.3 is 39.5 Å². The number of rotatable bonds is 11. The smallest absolute Gasteiger partial charge is 0.410 e. The first-order valence-corrected chi connectivity index (χ1v) is 19.0. The Balaban J connectivity index is 1.43. The number of cyclic esters (lactones) is 1. The molecule has 4 rings (SSSR count). The lowest BCUT2D eigenvalue weighted by molar-refractivity contribution is -0.151. The molecule has 1 aromatic carbocycles. The van der Waals surface area contributed by atoms with Gasteiger partial charge in [-0.05, 0) is 63.7 Å². The summed E-state index contributed by atoms with van der Waals surface area (Å²) < 4.78 is 17.7. The van der Waals surface area contributed by atoms with Crippen LogP contribution < -0.4 is 0 Å². The van der Waals surface area contributed by atoms with Gasteiger partial charge in [0.1, 0.15) is 11.7 Å². The number of aliphatic hydroxyl groups excluding tert-OH is 2. The highest BCUT2D eigenvalue weighted by molar-refractivity contribution is 5.70. The molecule has 3 aliphatic rings. The molecular formula is C41H62N2O9. The Morgan fingerprint density at radius 3 is 2.62 bits per heavy atom. The van der Waals surface area contributed by atoms with Gasteiger partial charge in [-0.3, -0.25) is 9.69 Å². The van der Waals surface area contributed by atoms with Crippen LogP contribution in [0.15, 0.2) is 66.3 Å². The second-order valence-corrected chi connectivity index (χ2v) is 15.6. The summed E-state index contributed by atoms with van der Waals surface area (Å²) in [4.78, 5) is 30.5. The lowest BCUT2D eigenvalue weighted by atomic mass is 9.88. The first kappa shape index (κ1) is 41.7. The SMILES string of the molecule is CCC(O)C(C)C1OC1CC(C)(O)C=C/C=C(\C)C1OC(=O)CC(O)CCC(C)(O)C(OC(=O)N2CCCN(Cc3ccccc3)CC2)/C=C/C1C. The van der Waals surface area contributed by atoms with Gasteiger partial charge in [0, 0.05) is 51.0 Å². The maximum absolute atomic E-state index is 13.5. The highest BCUT2D eigenvalue weighted by Crippen LogP contribution is 2.37. The molecule has 0 spiro atoms. The van der Waals surface area contributed by atoms with Crippen LogP contribution in [0, 0.1) is 11.8 Å². The van der Waals surface area contributed by atoms with E-state index < -0.39 is 47.7 Å². The van der Waals surface area contributed by atoms with Crippen molar-refractivity contribution >= 4 is 12.1 Å². The fourth-order valence-electron chi connectivity index (χ4n) is 7.14. The summed E-state index contributed by atoms with van der Waals surface area (Å²) >= 11 is 0. The van der Waals surface area contributed by atoms with Crippen molar-refractivity contribution in [2.75, 3.05) is 26.2 Å². The minimum Gasteiger partial charge on any atom is -0.457 e. The van der Waals surface area contributed by atoms with Crippen molar-refractivity contribution < 1.29 is 44.2 Å². The van der Waals surface area contributed by atoms with Crippen molar-refractivity contribution in [1.29, 1.82) is 0 Å². The van der Waals surface area contributed by atoms with E-state index in [-0.39, 0.29) is 43.3 Å². The second-order valence-electron chi connectivity index (χ2n) is 15.6. The number of hydrogen-bond acceptors (Lipinski definition) is 10. The van der Waals surface area contributed by atoms with E-state index in [1.165, 1.54) is 5.56 Å². The molecule has 2 fully saturated rings. The van der Waals surface area contributed by atoms with Crippen molar-refractivity contribution in [3.05, 3.63) is 71.8 Å². The highest BCUT2D eigenvalue weighted by Gasteiger charge is 2.47. The fourth-order valence-corrected chi connectivity index (χ4v) is 7.14. The van der Waals surface area contributed by atoms with E-state index in [0.29, 0.717) is 38.0 Å². The molecule has 10 unspecified atom stereocenters. The van der Waals surface area contributed by atoms with E-state index >= 15 is 0 Å². The van der Waals surface area contributed by atoms with Crippen LogP contribution in [-0.2, 0) is 25.5 Å². The van der Waals surface area contributed by atoms with Gasteiger partial charge in [-0.15, -0.1) is 0 Å². The molecule has 1 aromatic rings. The summed E-state index contributed by atoms with van der Waals surface area (Å²) in [7, 11) is 0. The molecule has 3 heterocycles. The van der Waals surface area contributed by atoms with Crippen molar-refractivity contribution in [1.82, 2.24) is 9.80 Å². The molecule has 3 aliphatic heterocycles. The molecule has 4 N–H and O–H groups in total. The molecule has 0 aliphatic carbocycles. The van der Waals surface area contributed by atoms with Crippen LogP contribution in [0.25, 0.3) is 0 Å². The van der Waals surface area contributed by atoms with Gasteiger partial charge in [0.25, 0.3) is 0 Å². The average molecular weight is 727 g/mol. The number of nitrogens with zero attached hydrogens (tertiary/aromatic N) is 2. The molecule has 52 heavy (non-hydrogen) atoms. The van der Waals surface area contributed by atoms with Gasteiger partial charge in [0.15, 0.2) is 6.10 Å². The van der Waals surface area contributed by atoms with Gasteiger partial charge in [-0.1, -0.05) is 75.4 Å². The van der Waals surface area contributed by atoms with Crippen LogP contribution in [0.2, 0.25) is 0 Å². The Kier molecular flexibility index (Phi) is 15.1. The van der Waals surface area contributed by atoms with Crippen LogP contribution in [0.5, 0.6) is 0 Å². The highest BCUT2D eigenvalue weighted by atomic mass is 16.6. The number of benzene rings is 1. The zero-order valence-electron chi connectivity index (χ0n) is 31.9. The maximum atomic E-state index is 13.5. The van der Waals surface area contributed by atoms with Gasteiger partial charge in [0.2, 0.25) is 0 Å². The maximum Gasteiger partial charge on any atom is 0.410 e. The third-order valence-electron chi connectivity index (χ3n) is 10.7. The molecule has 10 atom stereocenters.